The molecule has 0 aliphatic rings. The third-order valence-corrected chi connectivity index (χ3v) is 14.3. The van der Waals surface area contributed by atoms with Crippen molar-refractivity contribution in [3.8, 4) is 0 Å². The molecule has 0 saturated carbocycles. The predicted octanol–water partition coefficient (Wildman–Crippen LogP) is 18.9. The smallest absolute Gasteiger partial charge is 0.305 e. The number of esters is 1. The second kappa shape index (κ2) is 57.2. The van der Waals surface area contributed by atoms with Crippen LogP contribution in [0.5, 0.6) is 0 Å². The van der Waals surface area contributed by atoms with Gasteiger partial charge in [-0.2, -0.15) is 0 Å². The van der Waals surface area contributed by atoms with E-state index in [1.165, 1.54) is 270 Å². The first-order chi connectivity index (χ1) is 33.0. The average molecular weight is 947 g/mol. The molecule has 2 atom stereocenters. The van der Waals surface area contributed by atoms with Crippen molar-refractivity contribution in [2.75, 3.05) is 13.2 Å². The first kappa shape index (κ1) is 65.6. The number of hydrogen-bond donors (Lipinski definition) is 3. The summed E-state index contributed by atoms with van der Waals surface area (Å²) in [6.07, 6.45) is 68.0. The number of carbonyl (C=O) groups excluding carboxylic acids is 2. The highest BCUT2D eigenvalue weighted by molar-refractivity contribution is 5.76. The van der Waals surface area contributed by atoms with E-state index < -0.39 is 12.1 Å². The molecule has 0 aromatic rings. The van der Waals surface area contributed by atoms with Crippen LogP contribution in [0, 0.1) is 0 Å². The van der Waals surface area contributed by atoms with Gasteiger partial charge >= 0.3 is 5.97 Å². The number of hydrogen-bond acceptors (Lipinski definition) is 5. The van der Waals surface area contributed by atoms with Gasteiger partial charge in [0.1, 0.15) is 0 Å². The molecule has 67 heavy (non-hydrogen) atoms. The van der Waals surface area contributed by atoms with Crippen LogP contribution in [0.3, 0.4) is 0 Å². The van der Waals surface area contributed by atoms with E-state index in [9.17, 15) is 19.8 Å². The molecule has 0 heterocycles. The van der Waals surface area contributed by atoms with Crippen LogP contribution in [0.4, 0.5) is 0 Å². The van der Waals surface area contributed by atoms with Gasteiger partial charge < -0.3 is 20.3 Å². The highest BCUT2D eigenvalue weighted by Gasteiger charge is 2.20. The third-order valence-electron chi connectivity index (χ3n) is 14.3. The van der Waals surface area contributed by atoms with E-state index in [-0.39, 0.29) is 18.5 Å². The van der Waals surface area contributed by atoms with Crippen LogP contribution in [0.2, 0.25) is 0 Å². The molecule has 0 radical (unpaired) electrons. The van der Waals surface area contributed by atoms with Gasteiger partial charge in [-0.1, -0.05) is 289 Å². The fourth-order valence-electron chi connectivity index (χ4n) is 9.64. The second-order valence-corrected chi connectivity index (χ2v) is 21.0. The summed E-state index contributed by atoms with van der Waals surface area (Å²) in [6.45, 7) is 4.96. The normalized spacial score (nSPS) is 12.6. The topological polar surface area (TPSA) is 95.9 Å². The lowest BCUT2D eigenvalue weighted by atomic mass is 10.0. The lowest BCUT2D eigenvalue weighted by Gasteiger charge is -2.22. The number of ether oxygens (including phenoxy) is 1. The molecule has 0 rings (SSSR count). The lowest BCUT2D eigenvalue weighted by molar-refractivity contribution is -0.143. The first-order valence-electron chi connectivity index (χ1n) is 30.4. The molecule has 3 N–H and O–H groups in total. The molecule has 0 aromatic carbocycles. The van der Waals surface area contributed by atoms with Crippen molar-refractivity contribution in [1.29, 1.82) is 0 Å². The molecule has 6 heteroatoms. The van der Waals surface area contributed by atoms with Gasteiger partial charge in [0.05, 0.1) is 25.4 Å². The van der Waals surface area contributed by atoms with Crippen molar-refractivity contribution in [2.45, 2.75) is 353 Å². The molecule has 0 aliphatic heterocycles. The Kier molecular flexibility index (Phi) is 56.0. The Labute approximate surface area is 419 Å². The summed E-state index contributed by atoms with van der Waals surface area (Å²) in [5.41, 5.74) is 0. The monoisotopic (exact) mass is 946 g/mol. The third kappa shape index (κ3) is 53.8. The zero-order valence-corrected chi connectivity index (χ0v) is 45.4. The van der Waals surface area contributed by atoms with Gasteiger partial charge in [0.25, 0.3) is 0 Å². The number of nitrogens with one attached hydrogen (secondary N) is 1. The van der Waals surface area contributed by atoms with Crippen LogP contribution in [0.15, 0.2) is 12.2 Å². The van der Waals surface area contributed by atoms with Crippen molar-refractivity contribution in [3.63, 3.8) is 0 Å². The van der Waals surface area contributed by atoms with Crippen molar-refractivity contribution in [1.82, 2.24) is 5.32 Å². The highest BCUT2D eigenvalue weighted by Crippen LogP contribution is 2.18. The van der Waals surface area contributed by atoms with Gasteiger partial charge in [0.2, 0.25) is 5.91 Å². The Morgan fingerprint density at radius 1 is 0.403 bits per heavy atom. The first-order valence-corrected chi connectivity index (χ1v) is 30.4. The quantitative estimate of drug-likeness (QED) is 0.0321. The average Bonchev–Trinajstić information content (AvgIpc) is 3.33. The van der Waals surface area contributed by atoms with Crippen LogP contribution in [0.1, 0.15) is 341 Å². The lowest BCUT2D eigenvalue weighted by Crippen LogP contribution is -2.45. The summed E-state index contributed by atoms with van der Waals surface area (Å²) in [4.78, 5) is 24.4. The molecule has 0 spiro atoms. The van der Waals surface area contributed by atoms with E-state index in [1.807, 2.05) is 0 Å². The van der Waals surface area contributed by atoms with E-state index in [2.05, 4.69) is 31.3 Å². The fourth-order valence-corrected chi connectivity index (χ4v) is 9.64. The van der Waals surface area contributed by atoms with Crippen LogP contribution in [-0.4, -0.2) is 47.4 Å². The fraction of sp³-hybridized carbons (Fsp3) is 0.934. The zero-order chi connectivity index (χ0) is 48.6. The largest absolute Gasteiger partial charge is 0.466 e. The Bertz CT molecular complexity index is 1000. The standard InChI is InChI=1S/C61H119NO5/c1-3-5-7-9-11-13-15-34-37-41-45-49-53-59(64)58(57-63)62-60(65)54-50-46-42-38-35-31-29-27-25-23-21-19-17-16-18-20-22-24-26-28-30-32-36-40-44-48-52-56-67-61(66)55-51-47-43-39-33-14-12-10-8-6-4-2/h16-17,58-59,63-64H,3-15,18-57H2,1-2H3,(H,62,65)/b17-16-. The van der Waals surface area contributed by atoms with Gasteiger partial charge in [0, 0.05) is 12.8 Å². The van der Waals surface area contributed by atoms with Gasteiger partial charge in [-0.3, -0.25) is 9.59 Å². The predicted molar refractivity (Wildman–Crippen MR) is 292 cm³/mol. The second-order valence-electron chi connectivity index (χ2n) is 21.0. The van der Waals surface area contributed by atoms with Crippen molar-refractivity contribution < 1.29 is 24.5 Å². The Morgan fingerprint density at radius 3 is 1.06 bits per heavy atom. The zero-order valence-electron chi connectivity index (χ0n) is 45.4. The molecule has 0 bridgehead atoms. The van der Waals surface area contributed by atoms with Crippen molar-refractivity contribution in [3.05, 3.63) is 12.2 Å². The van der Waals surface area contributed by atoms with Crippen LogP contribution < -0.4 is 5.32 Å². The number of aliphatic hydroxyl groups excluding tert-OH is 2. The number of carbonyl (C=O) groups is 2. The molecule has 0 saturated heterocycles. The molecule has 0 aliphatic carbocycles. The number of allylic oxidation sites excluding steroid dienone is 2. The highest BCUT2D eigenvalue weighted by atomic mass is 16.5. The summed E-state index contributed by atoms with van der Waals surface area (Å²) < 4.78 is 5.47. The Balaban J connectivity index is 3.36. The number of aliphatic hydroxyl groups is 2. The van der Waals surface area contributed by atoms with E-state index in [0.717, 1.165) is 38.5 Å². The summed E-state index contributed by atoms with van der Waals surface area (Å²) >= 11 is 0. The Morgan fingerprint density at radius 2 is 0.701 bits per heavy atom. The summed E-state index contributed by atoms with van der Waals surface area (Å²) in [6, 6.07) is -0.540. The van der Waals surface area contributed by atoms with Crippen LogP contribution in [-0.2, 0) is 14.3 Å². The molecule has 1 amide bonds. The molecule has 0 aromatic heterocycles. The van der Waals surface area contributed by atoms with Gasteiger partial charge in [0.15, 0.2) is 0 Å². The molecular formula is C61H119NO5. The van der Waals surface area contributed by atoms with Gasteiger partial charge in [-0.25, -0.2) is 0 Å². The minimum Gasteiger partial charge on any atom is -0.466 e. The van der Waals surface area contributed by atoms with E-state index in [1.54, 1.807) is 0 Å². The summed E-state index contributed by atoms with van der Waals surface area (Å²) in [7, 11) is 0. The van der Waals surface area contributed by atoms with Crippen LogP contribution in [0.25, 0.3) is 0 Å². The summed E-state index contributed by atoms with van der Waals surface area (Å²) in [5.74, 6) is -0.0196. The maximum atomic E-state index is 12.5. The Hall–Kier alpha value is -1.40. The van der Waals surface area contributed by atoms with E-state index >= 15 is 0 Å². The molecule has 6 nitrogen and oxygen atoms in total. The van der Waals surface area contributed by atoms with E-state index in [4.69, 9.17) is 4.74 Å². The number of amides is 1. The summed E-state index contributed by atoms with van der Waals surface area (Å²) in [5, 5.41) is 23.2. The number of unbranched alkanes of at least 4 members (excludes halogenated alkanes) is 44. The maximum Gasteiger partial charge on any atom is 0.305 e. The molecular weight excluding hydrogens is 827 g/mol. The molecule has 398 valence electrons. The number of rotatable bonds is 57. The minimum atomic E-state index is -0.662. The van der Waals surface area contributed by atoms with Crippen LogP contribution >= 0.6 is 0 Å². The molecule has 2 unspecified atom stereocenters. The SMILES string of the molecule is CCCCCCCCCCCCCCC(O)C(CO)NC(=O)CCCCCCCCCCCCC/C=C\CCCCCCCCCCCCCCOC(=O)CCCCCCCCCCCCC. The van der Waals surface area contributed by atoms with Crippen molar-refractivity contribution in [2.24, 2.45) is 0 Å². The van der Waals surface area contributed by atoms with Gasteiger partial charge in [-0.15, -0.1) is 0 Å². The minimum absolute atomic E-state index is 0.0152. The van der Waals surface area contributed by atoms with Gasteiger partial charge in [-0.05, 0) is 51.4 Å². The molecule has 0 fully saturated rings. The maximum absolute atomic E-state index is 12.5. The van der Waals surface area contributed by atoms with Crippen molar-refractivity contribution >= 4 is 11.9 Å². The van der Waals surface area contributed by atoms with E-state index in [0.29, 0.717) is 25.9 Å².